The molecule has 0 radical (unpaired) electrons. The minimum absolute atomic E-state index is 0.235. The molecule has 1 rings (SSSR count). The van der Waals surface area contributed by atoms with Gasteiger partial charge < -0.3 is 19.3 Å². The second-order valence-corrected chi connectivity index (χ2v) is 21.3. The lowest BCUT2D eigenvalue weighted by atomic mass is 9.84. The van der Waals surface area contributed by atoms with Gasteiger partial charge in [0.05, 0.1) is 32.8 Å². The van der Waals surface area contributed by atoms with Gasteiger partial charge in [-0.3, -0.25) is 14.5 Å². The van der Waals surface area contributed by atoms with Crippen molar-refractivity contribution in [3.8, 4) is 0 Å². The summed E-state index contributed by atoms with van der Waals surface area (Å²) in [7, 11) is 0. The van der Waals surface area contributed by atoms with Crippen LogP contribution < -0.4 is 5.32 Å². The second-order valence-electron chi connectivity index (χ2n) is 21.3. The quantitative estimate of drug-likeness (QED) is 0.0487. The third-order valence-corrected chi connectivity index (χ3v) is 15.2. The highest BCUT2D eigenvalue weighted by Crippen LogP contribution is 2.29. The molecule has 1 aliphatic rings. The summed E-state index contributed by atoms with van der Waals surface area (Å²) in [6, 6.07) is 0. The van der Waals surface area contributed by atoms with Gasteiger partial charge in [-0.05, 0) is 56.8 Å². The van der Waals surface area contributed by atoms with Gasteiger partial charge in [-0.1, -0.05) is 221 Å². The molecule has 1 fully saturated rings. The zero-order chi connectivity index (χ0) is 47.9. The van der Waals surface area contributed by atoms with Crippen LogP contribution in [0.25, 0.3) is 0 Å². The fourth-order valence-corrected chi connectivity index (χ4v) is 10.7. The Morgan fingerprint density at radius 3 is 1.39 bits per heavy atom. The molecule has 392 valence electrons. The smallest absolute Gasteiger partial charge is 0.226 e. The van der Waals surface area contributed by atoms with E-state index in [1.165, 1.54) is 205 Å². The molecule has 1 heterocycles. The van der Waals surface area contributed by atoms with Gasteiger partial charge in [-0.25, -0.2) is 0 Å². The van der Waals surface area contributed by atoms with Gasteiger partial charge in [0.25, 0.3) is 0 Å². The molecule has 0 aromatic rings. The summed E-state index contributed by atoms with van der Waals surface area (Å²) in [6.07, 6.45) is 49.6. The number of ether oxygens (including phenoxy) is 2. The largest absolute Gasteiger partial charge is 0.381 e. The second kappa shape index (κ2) is 47.5. The predicted molar refractivity (Wildman–Crippen MR) is 286 cm³/mol. The van der Waals surface area contributed by atoms with Crippen LogP contribution in [0.3, 0.4) is 0 Å². The predicted octanol–water partition coefficient (Wildman–Crippen LogP) is 16.7. The van der Waals surface area contributed by atoms with E-state index in [2.05, 4.69) is 44.8 Å². The van der Waals surface area contributed by atoms with Crippen LogP contribution in [-0.2, 0) is 19.1 Å². The number of nitrogens with one attached hydrogen (secondary N) is 1. The van der Waals surface area contributed by atoms with E-state index in [0.717, 1.165) is 109 Å². The number of unbranched alkanes of at least 4 members (excludes halogenated alkanes) is 27. The molecule has 1 aliphatic heterocycles. The van der Waals surface area contributed by atoms with Crippen molar-refractivity contribution in [2.45, 2.75) is 291 Å². The van der Waals surface area contributed by atoms with Gasteiger partial charge in [-0.2, -0.15) is 0 Å². The number of hydrogen-bond acceptors (Lipinski definition) is 4. The minimum atomic E-state index is 0.235. The topological polar surface area (TPSA) is 67.9 Å². The van der Waals surface area contributed by atoms with Gasteiger partial charge in [0, 0.05) is 52.0 Å². The summed E-state index contributed by atoms with van der Waals surface area (Å²) in [6.45, 7) is 20.8. The monoisotopic (exact) mass is 933 g/mol. The average molecular weight is 934 g/mol. The third-order valence-electron chi connectivity index (χ3n) is 15.2. The molecule has 0 aromatic heterocycles. The molecule has 7 nitrogen and oxygen atoms in total. The number of rotatable bonds is 49. The molecule has 2 atom stereocenters. The maximum Gasteiger partial charge on any atom is 0.226 e. The van der Waals surface area contributed by atoms with Crippen molar-refractivity contribution in [3.63, 3.8) is 0 Å². The van der Waals surface area contributed by atoms with Crippen LogP contribution in [0.15, 0.2) is 0 Å². The first-order chi connectivity index (χ1) is 32.4. The normalized spacial score (nSPS) is 16.1. The summed E-state index contributed by atoms with van der Waals surface area (Å²) >= 11 is 0. The van der Waals surface area contributed by atoms with Crippen molar-refractivity contribution < 1.29 is 23.5 Å². The van der Waals surface area contributed by atoms with E-state index < -0.39 is 0 Å². The molecule has 1 saturated heterocycles. The van der Waals surface area contributed by atoms with E-state index in [4.69, 9.17) is 9.47 Å². The highest BCUT2D eigenvalue weighted by atomic mass is 16.5. The number of nitrogens with zero attached hydrogens (tertiary/aromatic N) is 2. The standard InChI is InChI=1S/C59H117N3O4/c1-6-11-14-17-19-21-23-27-32-39-50-65-52-41-48-62(49-42-53-66-51-40-33-28-24-22-20-18-15-12-7-2,55-61-54-57(10-5)56(9-4)43-35-36-45-59(61)64)47-38-31-26-25-30-37-46-60-58(63)44-34-29-16-13-8-3/h56-57H,6-55H2,1-5H3/p+1. The summed E-state index contributed by atoms with van der Waals surface area (Å²) in [5, 5.41) is 3.17. The fourth-order valence-electron chi connectivity index (χ4n) is 10.7. The lowest BCUT2D eigenvalue weighted by Gasteiger charge is -2.43. The van der Waals surface area contributed by atoms with Crippen LogP contribution in [0.4, 0.5) is 0 Å². The van der Waals surface area contributed by atoms with Gasteiger partial charge in [0.2, 0.25) is 11.8 Å². The van der Waals surface area contributed by atoms with Crippen molar-refractivity contribution in [3.05, 3.63) is 0 Å². The van der Waals surface area contributed by atoms with E-state index in [1.54, 1.807) is 0 Å². The lowest BCUT2D eigenvalue weighted by molar-refractivity contribution is -0.936. The summed E-state index contributed by atoms with van der Waals surface area (Å²) < 4.78 is 13.7. The molecule has 0 saturated carbocycles. The van der Waals surface area contributed by atoms with Crippen LogP contribution >= 0.6 is 0 Å². The van der Waals surface area contributed by atoms with Crippen molar-refractivity contribution in [1.82, 2.24) is 10.2 Å². The zero-order valence-corrected chi connectivity index (χ0v) is 45.5. The van der Waals surface area contributed by atoms with Crippen LogP contribution in [0.1, 0.15) is 291 Å². The molecule has 2 amide bonds. The Morgan fingerprint density at radius 2 is 0.909 bits per heavy atom. The summed E-state index contributed by atoms with van der Waals surface area (Å²) in [4.78, 5) is 28.8. The number of amides is 2. The van der Waals surface area contributed by atoms with Gasteiger partial charge in [0.15, 0.2) is 6.67 Å². The first-order valence-electron chi connectivity index (χ1n) is 30.0. The zero-order valence-electron chi connectivity index (χ0n) is 45.5. The number of quaternary nitrogens is 1. The molecular weight excluding hydrogens is 815 g/mol. The van der Waals surface area contributed by atoms with E-state index >= 15 is 0 Å². The molecule has 0 aromatic carbocycles. The van der Waals surface area contributed by atoms with E-state index in [-0.39, 0.29) is 5.91 Å². The Hall–Kier alpha value is -1.18. The van der Waals surface area contributed by atoms with Crippen molar-refractivity contribution in [2.75, 3.05) is 65.8 Å². The maximum absolute atomic E-state index is 14.1. The van der Waals surface area contributed by atoms with E-state index in [1.807, 2.05) is 0 Å². The average Bonchev–Trinajstić information content (AvgIpc) is 3.39. The fraction of sp³-hybridized carbons (Fsp3) is 0.966. The Bertz CT molecular complexity index is 1010. The first kappa shape index (κ1) is 62.8. The highest BCUT2D eigenvalue weighted by molar-refractivity contribution is 5.76. The highest BCUT2D eigenvalue weighted by Gasteiger charge is 2.34. The van der Waals surface area contributed by atoms with E-state index in [0.29, 0.717) is 30.6 Å². The number of carbonyl (C=O) groups is 2. The summed E-state index contributed by atoms with van der Waals surface area (Å²) in [5.41, 5.74) is 0. The Labute approximate surface area is 413 Å². The third kappa shape index (κ3) is 36.8. The molecular formula is C59H118N3O4+. The lowest BCUT2D eigenvalue weighted by Crippen LogP contribution is -2.58. The Morgan fingerprint density at radius 1 is 0.500 bits per heavy atom. The molecule has 7 heteroatoms. The Kier molecular flexibility index (Phi) is 45.2. The minimum Gasteiger partial charge on any atom is -0.381 e. The molecule has 0 aliphatic carbocycles. The van der Waals surface area contributed by atoms with Gasteiger partial charge >= 0.3 is 0 Å². The maximum atomic E-state index is 14.1. The Balaban J connectivity index is 2.87. The van der Waals surface area contributed by atoms with Crippen molar-refractivity contribution >= 4 is 11.8 Å². The van der Waals surface area contributed by atoms with Crippen molar-refractivity contribution in [1.29, 1.82) is 0 Å². The molecule has 2 unspecified atom stereocenters. The number of carbonyl (C=O) groups excluding carboxylic acids is 2. The molecule has 0 bridgehead atoms. The SMILES string of the molecule is CCCCCCCCCCCCOCCC[N+](CCCCCCCCNC(=O)CCCCCCC)(CCCOCCCCCCCCCCCC)CN1CC(CC)C(CC)CCCCC1=O. The summed E-state index contributed by atoms with van der Waals surface area (Å²) in [5.74, 6) is 1.93. The van der Waals surface area contributed by atoms with Gasteiger partial charge in [-0.15, -0.1) is 0 Å². The van der Waals surface area contributed by atoms with Gasteiger partial charge in [0.1, 0.15) is 0 Å². The van der Waals surface area contributed by atoms with Crippen LogP contribution in [0.2, 0.25) is 0 Å². The van der Waals surface area contributed by atoms with E-state index in [9.17, 15) is 9.59 Å². The molecule has 1 N–H and O–H groups in total. The number of hydrogen-bond donors (Lipinski definition) is 1. The van der Waals surface area contributed by atoms with Crippen LogP contribution in [0.5, 0.6) is 0 Å². The van der Waals surface area contributed by atoms with Crippen LogP contribution in [-0.4, -0.2) is 87.0 Å². The molecule has 0 spiro atoms. The first-order valence-corrected chi connectivity index (χ1v) is 30.0. The molecule has 66 heavy (non-hydrogen) atoms. The van der Waals surface area contributed by atoms with Crippen LogP contribution in [0, 0.1) is 11.8 Å². The van der Waals surface area contributed by atoms with Crippen molar-refractivity contribution in [2.24, 2.45) is 11.8 Å².